The molecule has 6 nitrogen and oxygen atoms in total. The predicted octanol–water partition coefficient (Wildman–Crippen LogP) is 5.57. The summed E-state index contributed by atoms with van der Waals surface area (Å²) in [6.07, 6.45) is -0.382. The third kappa shape index (κ3) is 6.54. The van der Waals surface area contributed by atoms with Crippen molar-refractivity contribution in [2.75, 3.05) is 13.7 Å². The average Bonchev–Trinajstić information content (AvgIpc) is 2.90. The maximum Gasteiger partial charge on any atom is 0.340 e. The molecule has 1 aliphatic rings. The van der Waals surface area contributed by atoms with Crippen LogP contribution in [0.25, 0.3) is 0 Å². The van der Waals surface area contributed by atoms with Crippen molar-refractivity contribution >= 4 is 24.7 Å². The van der Waals surface area contributed by atoms with Crippen LogP contribution in [0.5, 0.6) is 0 Å². The van der Waals surface area contributed by atoms with E-state index in [-0.39, 0.29) is 11.0 Å². The Balaban J connectivity index is 1.87. The highest BCUT2D eigenvalue weighted by atomic mass is 28.4. The Morgan fingerprint density at radius 3 is 1.88 bits per heavy atom. The third-order valence-corrected chi connectivity index (χ3v) is 13.1. The van der Waals surface area contributed by atoms with Crippen LogP contribution in [-0.4, -0.2) is 50.6 Å². The van der Waals surface area contributed by atoms with Crippen LogP contribution in [0.2, 0.25) is 5.04 Å². The predicted molar refractivity (Wildman–Crippen MR) is 162 cm³/mol. The van der Waals surface area contributed by atoms with Crippen molar-refractivity contribution in [3.63, 3.8) is 0 Å². The fourth-order valence-corrected chi connectivity index (χ4v) is 10.7. The van der Waals surface area contributed by atoms with Gasteiger partial charge in [0.2, 0.25) is 5.79 Å². The van der Waals surface area contributed by atoms with Crippen LogP contribution >= 0.6 is 0 Å². The second-order valence-electron chi connectivity index (χ2n) is 12.9. The summed E-state index contributed by atoms with van der Waals surface area (Å²) in [5.74, 6) is -1.51. The second-order valence-corrected chi connectivity index (χ2v) is 17.2. The van der Waals surface area contributed by atoms with Gasteiger partial charge in [0.15, 0.2) is 0 Å². The van der Waals surface area contributed by atoms with E-state index in [0.717, 1.165) is 0 Å². The highest BCUT2D eigenvalue weighted by molar-refractivity contribution is 6.99. The van der Waals surface area contributed by atoms with Gasteiger partial charge in [-0.15, -0.1) is 0 Å². The molecule has 40 heavy (non-hydrogen) atoms. The number of aliphatic hydroxyl groups is 1. The summed E-state index contributed by atoms with van der Waals surface area (Å²) < 4.78 is 24.5. The Labute approximate surface area is 241 Å². The quantitative estimate of drug-likeness (QED) is 0.282. The van der Waals surface area contributed by atoms with Crippen LogP contribution in [0, 0.1) is 11.8 Å². The van der Waals surface area contributed by atoms with Crippen molar-refractivity contribution in [1.82, 2.24) is 0 Å². The van der Waals surface area contributed by atoms with Gasteiger partial charge in [-0.1, -0.05) is 95.3 Å². The van der Waals surface area contributed by atoms with Gasteiger partial charge in [0, 0.05) is 33.5 Å². The molecule has 0 fully saturated rings. The molecule has 2 aromatic carbocycles. The highest BCUT2D eigenvalue weighted by Crippen LogP contribution is 2.39. The minimum atomic E-state index is -2.69. The topological polar surface area (TPSA) is 74.2 Å². The summed E-state index contributed by atoms with van der Waals surface area (Å²) in [4.78, 5) is 12.5. The molecule has 2 aromatic rings. The zero-order valence-electron chi connectivity index (χ0n) is 25.9. The first-order chi connectivity index (χ1) is 18.6. The molecule has 0 amide bonds. The standard InChI is InChI=1S/C33H48O6Si/c1-23(21-33(9,36-10)29(34)24(2)28-25(3)30(35)39-32(7,8)38-28)22-37-40(31(4,5)6,26-17-13-11-14-18-26)27-19-15-12-16-20-27/h11-20,23-24,29,34H,21-22H2,1-10H3/t23-,24-,29-,33-/m1/s1. The Morgan fingerprint density at radius 2 is 1.43 bits per heavy atom. The largest absolute Gasteiger partial charge is 0.456 e. The molecule has 0 saturated heterocycles. The molecule has 0 saturated carbocycles. The lowest BCUT2D eigenvalue weighted by Crippen LogP contribution is -2.67. The van der Waals surface area contributed by atoms with E-state index in [1.807, 2.05) is 26.0 Å². The molecule has 3 rings (SSSR count). The van der Waals surface area contributed by atoms with Gasteiger partial charge in [0.1, 0.15) is 5.76 Å². The molecule has 220 valence electrons. The summed E-state index contributed by atoms with van der Waals surface area (Å²) in [6.45, 7) is 18.3. The third-order valence-electron chi connectivity index (χ3n) is 8.10. The number of rotatable bonds is 11. The van der Waals surface area contributed by atoms with E-state index in [2.05, 4.69) is 76.2 Å². The second kappa shape index (κ2) is 12.2. The molecule has 1 aliphatic heterocycles. The van der Waals surface area contributed by atoms with Crippen molar-refractivity contribution in [2.24, 2.45) is 11.8 Å². The van der Waals surface area contributed by atoms with E-state index in [4.69, 9.17) is 18.6 Å². The van der Waals surface area contributed by atoms with Crippen molar-refractivity contribution in [3.05, 3.63) is 72.0 Å². The Morgan fingerprint density at radius 1 is 0.925 bits per heavy atom. The Hall–Kier alpha value is -2.45. The molecular formula is C33H48O6Si. The zero-order chi connectivity index (χ0) is 29.9. The first-order valence-corrected chi connectivity index (χ1v) is 16.1. The molecule has 0 aromatic heterocycles. The lowest BCUT2D eigenvalue weighted by atomic mass is 9.81. The van der Waals surface area contributed by atoms with Crippen LogP contribution in [0.1, 0.15) is 68.7 Å². The fraction of sp³-hybridized carbons (Fsp3) is 0.545. The van der Waals surface area contributed by atoms with Crippen LogP contribution in [0.3, 0.4) is 0 Å². The maximum absolute atomic E-state index is 12.5. The van der Waals surface area contributed by atoms with Gasteiger partial charge in [-0.3, -0.25) is 0 Å². The first-order valence-electron chi connectivity index (χ1n) is 14.2. The minimum absolute atomic E-state index is 0.0669. The summed E-state index contributed by atoms with van der Waals surface area (Å²) in [7, 11) is -1.07. The summed E-state index contributed by atoms with van der Waals surface area (Å²) in [5, 5.41) is 13.9. The number of aliphatic hydroxyl groups excluding tert-OH is 1. The lowest BCUT2D eigenvalue weighted by molar-refractivity contribution is -0.215. The Bertz CT molecular complexity index is 1130. The molecule has 1 heterocycles. The molecule has 4 atom stereocenters. The van der Waals surface area contributed by atoms with Gasteiger partial charge < -0.3 is 23.7 Å². The summed E-state index contributed by atoms with van der Waals surface area (Å²) in [5.41, 5.74) is -0.539. The molecule has 0 spiro atoms. The number of hydrogen-bond acceptors (Lipinski definition) is 6. The zero-order valence-corrected chi connectivity index (χ0v) is 26.9. The van der Waals surface area contributed by atoms with Gasteiger partial charge in [-0.2, -0.15) is 0 Å². The molecule has 0 bridgehead atoms. The number of methoxy groups -OCH3 is 1. The smallest absolute Gasteiger partial charge is 0.340 e. The SMILES string of the molecule is CO[C@](C)(C[C@@H](C)CO[Si](c1ccccc1)(c1ccccc1)C(C)(C)C)[C@H](O)[C@H](C)C1=C(C)C(=O)OC(C)(C)O1. The first kappa shape index (κ1) is 32.1. The molecule has 0 radical (unpaired) electrons. The van der Waals surface area contributed by atoms with E-state index >= 15 is 0 Å². The van der Waals surface area contributed by atoms with E-state index in [1.54, 1.807) is 27.9 Å². The number of ether oxygens (including phenoxy) is 3. The van der Waals surface area contributed by atoms with E-state index in [1.165, 1.54) is 10.4 Å². The van der Waals surface area contributed by atoms with Crippen molar-refractivity contribution in [3.8, 4) is 0 Å². The molecular weight excluding hydrogens is 520 g/mol. The molecule has 7 heteroatoms. The van der Waals surface area contributed by atoms with Gasteiger partial charge >= 0.3 is 5.97 Å². The maximum atomic E-state index is 12.5. The van der Waals surface area contributed by atoms with E-state index in [0.29, 0.717) is 24.4 Å². The van der Waals surface area contributed by atoms with Crippen LogP contribution < -0.4 is 10.4 Å². The lowest BCUT2D eigenvalue weighted by Gasteiger charge is -2.44. The number of cyclic esters (lactones) is 1. The monoisotopic (exact) mass is 568 g/mol. The van der Waals surface area contributed by atoms with Crippen molar-refractivity contribution in [2.45, 2.75) is 91.3 Å². The van der Waals surface area contributed by atoms with E-state index in [9.17, 15) is 9.90 Å². The van der Waals surface area contributed by atoms with Gasteiger partial charge in [0.05, 0.1) is 17.3 Å². The van der Waals surface area contributed by atoms with Gasteiger partial charge in [-0.05, 0) is 41.6 Å². The number of benzene rings is 2. The summed E-state index contributed by atoms with van der Waals surface area (Å²) >= 11 is 0. The van der Waals surface area contributed by atoms with Gasteiger partial charge in [-0.25, -0.2) is 4.79 Å². The molecule has 0 unspecified atom stereocenters. The Kier molecular flexibility index (Phi) is 9.77. The highest BCUT2D eigenvalue weighted by Gasteiger charge is 2.51. The number of carbonyl (C=O) groups is 1. The number of hydrogen-bond donors (Lipinski definition) is 1. The van der Waals surface area contributed by atoms with Crippen LogP contribution in [0.4, 0.5) is 0 Å². The number of carbonyl (C=O) groups excluding carboxylic acids is 1. The number of esters is 1. The minimum Gasteiger partial charge on any atom is -0.456 e. The van der Waals surface area contributed by atoms with Crippen molar-refractivity contribution < 1.29 is 28.5 Å². The van der Waals surface area contributed by atoms with E-state index < -0.39 is 37.7 Å². The summed E-state index contributed by atoms with van der Waals surface area (Å²) in [6, 6.07) is 21.2. The molecule has 1 N–H and O–H groups in total. The normalized spacial score (nSPS) is 19.7. The van der Waals surface area contributed by atoms with Crippen LogP contribution in [0.15, 0.2) is 72.0 Å². The average molecular weight is 569 g/mol. The molecule has 0 aliphatic carbocycles. The fourth-order valence-electron chi connectivity index (χ4n) is 5.97. The van der Waals surface area contributed by atoms with Crippen molar-refractivity contribution in [1.29, 1.82) is 0 Å². The van der Waals surface area contributed by atoms with Crippen LogP contribution in [-0.2, 0) is 23.4 Å². The van der Waals surface area contributed by atoms with Gasteiger partial charge in [0.25, 0.3) is 8.32 Å².